The minimum atomic E-state index is 0.223. The first-order chi connectivity index (χ1) is 6.81. The lowest BCUT2D eigenvalue weighted by Gasteiger charge is -2.33. The molecular weight excluding hydrogens is 178 g/mol. The van der Waals surface area contributed by atoms with E-state index in [9.17, 15) is 4.79 Å². The molecule has 0 aromatic heterocycles. The average Bonchev–Trinajstić information content (AvgIpc) is 2.97. The summed E-state index contributed by atoms with van der Waals surface area (Å²) in [5.74, 6) is 0.407. The summed E-state index contributed by atoms with van der Waals surface area (Å²) in [5.41, 5.74) is 0. The number of Topliss-reactive ketones (excluding diaryl/α,β-unsaturated/α-hetero) is 1. The molecule has 0 bridgehead atoms. The molecule has 2 rings (SSSR count). The lowest BCUT2D eigenvalue weighted by molar-refractivity contribution is -0.122. The molecule has 1 atom stereocenters. The van der Waals surface area contributed by atoms with E-state index in [1.165, 1.54) is 12.8 Å². The highest BCUT2D eigenvalue weighted by Crippen LogP contribution is 2.32. The Bertz CT molecular complexity index is 213. The fraction of sp³-hybridized carbons (Fsp3) is 0.909. The van der Waals surface area contributed by atoms with Gasteiger partial charge in [-0.1, -0.05) is 0 Å². The number of aliphatic hydroxyl groups is 1. The van der Waals surface area contributed by atoms with E-state index in [4.69, 9.17) is 5.11 Å². The maximum atomic E-state index is 11.3. The van der Waals surface area contributed by atoms with E-state index in [1.807, 2.05) is 0 Å². The summed E-state index contributed by atoms with van der Waals surface area (Å²) in [6.07, 6.45) is 6.18. The van der Waals surface area contributed by atoms with Gasteiger partial charge in [-0.3, -0.25) is 9.69 Å². The van der Waals surface area contributed by atoms with E-state index in [1.54, 1.807) is 0 Å². The minimum absolute atomic E-state index is 0.223. The summed E-state index contributed by atoms with van der Waals surface area (Å²) in [7, 11) is 0. The molecule has 0 saturated heterocycles. The Morgan fingerprint density at radius 3 is 2.64 bits per heavy atom. The van der Waals surface area contributed by atoms with Crippen LogP contribution in [0.15, 0.2) is 0 Å². The van der Waals surface area contributed by atoms with E-state index in [0.717, 1.165) is 32.2 Å². The SMILES string of the molecule is O=C1CCCC(N(CCO)C2CC2)C1. The van der Waals surface area contributed by atoms with Crippen molar-refractivity contribution >= 4 is 5.78 Å². The van der Waals surface area contributed by atoms with Crippen molar-refractivity contribution in [1.82, 2.24) is 4.90 Å². The van der Waals surface area contributed by atoms with Crippen molar-refractivity contribution < 1.29 is 9.90 Å². The van der Waals surface area contributed by atoms with Crippen molar-refractivity contribution in [3.63, 3.8) is 0 Å². The van der Waals surface area contributed by atoms with Crippen LogP contribution in [0.4, 0.5) is 0 Å². The highest BCUT2D eigenvalue weighted by Gasteiger charge is 2.35. The fourth-order valence-electron chi connectivity index (χ4n) is 2.47. The van der Waals surface area contributed by atoms with Crippen LogP contribution in [0.25, 0.3) is 0 Å². The average molecular weight is 197 g/mol. The quantitative estimate of drug-likeness (QED) is 0.729. The predicted octanol–water partition coefficient (Wildman–Crippen LogP) is 0.955. The van der Waals surface area contributed by atoms with Crippen LogP contribution in [0.3, 0.4) is 0 Å². The molecule has 1 N–H and O–H groups in total. The zero-order valence-electron chi connectivity index (χ0n) is 8.61. The third-order valence-corrected chi connectivity index (χ3v) is 3.30. The van der Waals surface area contributed by atoms with Gasteiger partial charge >= 0.3 is 0 Å². The van der Waals surface area contributed by atoms with Crippen LogP contribution in [-0.2, 0) is 4.79 Å². The van der Waals surface area contributed by atoms with Crippen molar-refractivity contribution in [3.05, 3.63) is 0 Å². The first-order valence-corrected chi connectivity index (χ1v) is 5.69. The zero-order chi connectivity index (χ0) is 9.97. The standard InChI is InChI=1S/C11H19NO2/c13-7-6-12(9-4-5-9)10-2-1-3-11(14)8-10/h9-10,13H,1-8H2. The van der Waals surface area contributed by atoms with Gasteiger partial charge in [0.1, 0.15) is 5.78 Å². The van der Waals surface area contributed by atoms with Crippen LogP contribution in [0, 0.1) is 0 Å². The van der Waals surface area contributed by atoms with Gasteiger partial charge in [0.05, 0.1) is 6.61 Å². The number of aliphatic hydroxyl groups excluding tert-OH is 1. The Hall–Kier alpha value is -0.410. The molecule has 1 unspecified atom stereocenters. The van der Waals surface area contributed by atoms with E-state index in [-0.39, 0.29) is 6.61 Å². The van der Waals surface area contributed by atoms with Gasteiger partial charge in [-0.25, -0.2) is 0 Å². The van der Waals surface area contributed by atoms with Crippen LogP contribution < -0.4 is 0 Å². The summed E-state index contributed by atoms with van der Waals surface area (Å²) in [4.78, 5) is 13.7. The van der Waals surface area contributed by atoms with Gasteiger partial charge in [0, 0.05) is 31.5 Å². The van der Waals surface area contributed by atoms with Crippen LogP contribution in [0.2, 0.25) is 0 Å². The second-order valence-electron chi connectivity index (χ2n) is 4.48. The van der Waals surface area contributed by atoms with Gasteiger partial charge in [-0.2, -0.15) is 0 Å². The molecule has 2 saturated carbocycles. The molecule has 3 heteroatoms. The Balaban J connectivity index is 1.91. The maximum absolute atomic E-state index is 11.3. The largest absolute Gasteiger partial charge is 0.395 e. The van der Waals surface area contributed by atoms with Crippen molar-refractivity contribution in [1.29, 1.82) is 0 Å². The topological polar surface area (TPSA) is 40.5 Å². The molecule has 2 aliphatic rings. The van der Waals surface area contributed by atoms with Crippen LogP contribution >= 0.6 is 0 Å². The third kappa shape index (κ3) is 2.34. The van der Waals surface area contributed by atoms with Gasteiger partial charge < -0.3 is 5.11 Å². The number of rotatable bonds is 4. The first kappa shape index (κ1) is 10.1. The normalized spacial score (nSPS) is 28.4. The summed E-state index contributed by atoms with van der Waals surface area (Å²) in [6, 6.07) is 1.09. The fourth-order valence-corrected chi connectivity index (χ4v) is 2.47. The van der Waals surface area contributed by atoms with Gasteiger partial charge in [0.15, 0.2) is 0 Å². The molecule has 2 aliphatic carbocycles. The molecule has 3 nitrogen and oxygen atoms in total. The summed E-state index contributed by atoms with van der Waals surface area (Å²) in [5, 5.41) is 8.98. The Labute approximate surface area is 85.1 Å². The lowest BCUT2D eigenvalue weighted by atomic mass is 9.93. The van der Waals surface area contributed by atoms with Crippen LogP contribution in [0.1, 0.15) is 38.5 Å². The number of hydrogen-bond acceptors (Lipinski definition) is 3. The summed E-state index contributed by atoms with van der Waals surface area (Å²) in [6.45, 7) is 0.976. The van der Waals surface area contributed by atoms with Crippen molar-refractivity contribution in [2.45, 2.75) is 50.6 Å². The molecular formula is C11H19NO2. The van der Waals surface area contributed by atoms with Gasteiger partial charge in [-0.05, 0) is 25.7 Å². The first-order valence-electron chi connectivity index (χ1n) is 5.69. The number of carbonyl (C=O) groups is 1. The Morgan fingerprint density at radius 2 is 2.07 bits per heavy atom. The molecule has 0 aromatic rings. The highest BCUT2D eigenvalue weighted by atomic mass is 16.3. The minimum Gasteiger partial charge on any atom is -0.395 e. The molecule has 0 heterocycles. The zero-order valence-corrected chi connectivity index (χ0v) is 8.61. The lowest BCUT2D eigenvalue weighted by Crippen LogP contribution is -2.42. The van der Waals surface area contributed by atoms with E-state index in [0.29, 0.717) is 17.9 Å². The molecule has 2 fully saturated rings. The Kier molecular flexibility index (Phi) is 3.19. The smallest absolute Gasteiger partial charge is 0.134 e. The van der Waals surface area contributed by atoms with E-state index in [2.05, 4.69) is 4.90 Å². The molecule has 0 amide bonds. The maximum Gasteiger partial charge on any atom is 0.134 e. The van der Waals surface area contributed by atoms with Crippen molar-refractivity contribution in [3.8, 4) is 0 Å². The number of nitrogens with zero attached hydrogens (tertiary/aromatic N) is 1. The second kappa shape index (κ2) is 4.41. The van der Waals surface area contributed by atoms with E-state index < -0.39 is 0 Å². The molecule has 0 aliphatic heterocycles. The summed E-state index contributed by atoms with van der Waals surface area (Å²) < 4.78 is 0. The number of ketones is 1. The summed E-state index contributed by atoms with van der Waals surface area (Å²) >= 11 is 0. The molecule has 0 aromatic carbocycles. The highest BCUT2D eigenvalue weighted by molar-refractivity contribution is 5.79. The third-order valence-electron chi connectivity index (χ3n) is 3.30. The van der Waals surface area contributed by atoms with Gasteiger partial charge in [0.25, 0.3) is 0 Å². The second-order valence-corrected chi connectivity index (χ2v) is 4.48. The number of carbonyl (C=O) groups excluding carboxylic acids is 1. The predicted molar refractivity (Wildman–Crippen MR) is 54.1 cm³/mol. The monoisotopic (exact) mass is 197 g/mol. The van der Waals surface area contributed by atoms with Crippen LogP contribution in [0.5, 0.6) is 0 Å². The van der Waals surface area contributed by atoms with Gasteiger partial charge in [0.2, 0.25) is 0 Å². The van der Waals surface area contributed by atoms with E-state index >= 15 is 0 Å². The molecule has 80 valence electrons. The molecule has 14 heavy (non-hydrogen) atoms. The molecule has 0 spiro atoms. The number of hydrogen-bond donors (Lipinski definition) is 1. The van der Waals surface area contributed by atoms with Crippen molar-refractivity contribution in [2.75, 3.05) is 13.2 Å². The van der Waals surface area contributed by atoms with Crippen molar-refractivity contribution in [2.24, 2.45) is 0 Å². The Morgan fingerprint density at radius 1 is 1.29 bits per heavy atom. The molecule has 0 radical (unpaired) electrons. The van der Waals surface area contributed by atoms with Crippen LogP contribution in [-0.4, -0.2) is 41.0 Å². The van der Waals surface area contributed by atoms with Gasteiger partial charge in [-0.15, -0.1) is 0 Å².